The van der Waals surface area contributed by atoms with Crippen molar-refractivity contribution in [3.05, 3.63) is 23.9 Å². The number of hydrogen-bond donors (Lipinski definition) is 7. The third kappa shape index (κ3) is 12.1. The molecular formula is C26H46O13. The Morgan fingerprint density at radius 2 is 1.38 bits per heavy atom. The third-order valence-corrected chi connectivity index (χ3v) is 5.26. The van der Waals surface area contributed by atoms with Crippen LogP contribution in [-0.2, 0) is 28.5 Å². The molecule has 0 radical (unpaired) electrons. The van der Waals surface area contributed by atoms with Gasteiger partial charge < -0.3 is 54.7 Å². The molecule has 39 heavy (non-hydrogen) atoms. The third-order valence-electron chi connectivity index (χ3n) is 5.26. The van der Waals surface area contributed by atoms with Crippen molar-refractivity contribution in [1.82, 2.24) is 0 Å². The standard InChI is InChI=1S/C13H20O6.C12H22O7.CH4/c1-7-10(16)11(17)12(19-7)8(14)6-18-9(15)5-13(2,3)4;1-12(2,3)4-7(13)18-5-6-8(14)9(15)10(16)11(17)19-6;/h8,12,14,16-17H,1,5-6H2,2-4H3;6,8-11,14-17H,4-5H2,1-3H3;1H4. The van der Waals surface area contributed by atoms with Crippen LogP contribution in [0.2, 0.25) is 0 Å². The number of esters is 2. The monoisotopic (exact) mass is 566 g/mol. The maximum absolute atomic E-state index is 11.5. The lowest BCUT2D eigenvalue weighted by Gasteiger charge is -2.37. The van der Waals surface area contributed by atoms with Crippen molar-refractivity contribution in [2.24, 2.45) is 10.8 Å². The van der Waals surface area contributed by atoms with Crippen LogP contribution < -0.4 is 0 Å². The van der Waals surface area contributed by atoms with Crippen LogP contribution in [0.25, 0.3) is 0 Å². The van der Waals surface area contributed by atoms with E-state index in [1.807, 2.05) is 41.5 Å². The summed E-state index contributed by atoms with van der Waals surface area (Å²) in [6, 6.07) is 0. The number of ether oxygens (including phenoxy) is 4. The zero-order valence-corrected chi connectivity index (χ0v) is 22.7. The second-order valence-corrected chi connectivity index (χ2v) is 11.6. The van der Waals surface area contributed by atoms with Crippen LogP contribution in [0.15, 0.2) is 23.9 Å². The van der Waals surface area contributed by atoms with Crippen molar-refractivity contribution in [2.75, 3.05) is 13.2 Å². The van der Waals surface area contributed by atoms with Crippen LogP contribution in [0.4, 0.5) is 0 Å². The SMILES string of the molecule is C.C=C1OC(C(O)COC(=O)CC(C)(C)C)C(O)=C1O.CC(C)(C)CC(=O)OCC1OC(O)C(O)C(O)C1O. The van der Waals surface area contributed by atoms with Crippen molar-refractivity contribution >= 4 is 11.9 Å². The summed E-state index contributed by atoms with van der Waals surface area (Å²) in [7, 11) is 0. The van der Waals surface area contributed by atoms with Crippen molar-refractivity contribution in [3.63, 3.8) is 0 Å². The van der Waals surface area contributed by atoms with Crippen LogP contribution in [0.3, 0.4) is 0 Å². The highest BCUT2D eigenvalue weighted by molar-refractivity contribution is 5.70. The average Bonchev–Trinajstić information content (AvgIpc) is 3.03. The summed E-state index contributed by atoms with van der Waals surface area (Å²) in [6.45, 7) is 14.0. The Kier molecular flexibility index (Phi) is 13.9. The van der Waals surface area contributed by atoms with Crippen molar-refractivity contribution in [1.29, 1.82) is 0 Å². The normalized spacial score (nSPS) is 27.9. The summed E-state index contributed by atoms with van der Waals surface area (Å²) in [6.07, 6.45) is -9.27. The van der Waals surface area contributed by atoms with Gasteiger partial charge in [-0.05, 0) is 10.8 Å². The first-order valence-corrected chi connectivity index (χ1v) is 12.1. The molecule has 0 saturated carbocycles. The van der Waals surface area contributed by atoms with Gasteiger partial charge in [-0.3, -0.25) is 9.59 Å². The highest BCUT2D eigenvalue weighted by Crippen LogP contribution is 2.28. The smallest absolute Gasteiger partial charge is 0.306 e. The Morgan fingerprint density at radius 3 is 1.82 bits per heavy atom. The second-order valence-electron chi connectivity index (χ2n) is 11.6. The molecule has 0 aliphatic carbocycles. The van der Waals surface area contributed by atoms with Gasteiger partial charge in [0.05, 0.1) is 12.8 Å². The van der Waals surface area contributed by atoms with Crippen molar-refractivity contribution in [2.45, 2.75) is 105 Å². The molecule has 2 heterocycles. The predicted octanol–water partition coefficient (Wildman–Crippen LogP) is 0.969. The first-order valence-electron chi connectivity index (χ1n) is 12.1. The quantitative estimate of drug-likeness (QED) is 0.214. The fourth-order valence-corrected chi connectivity index (χ4v) is 3.28. The maximum Gasteiger partial charge on any atom is 0.306 e. The Morgan fingerprint density at radius 1 is 0.897 bits per heavy atom. The van der Waals surface area contributed by atoms with Gasteiger partial charge in [0, 0.05) is 0 Å². The van der Waals surface area contributed by atoms with E-state index in [0.29, 0.717) is 0 Å². The first kappa shape index (κ1) is 36.6. The molecule has 0 aromatic carbocycles. The van der Waals surface area contributed by atoms with Crippen molar-refractivity contribution in [3.8, 4) is 0 Å². The molecular weight excluding hydrogens is 520 g/mol. The topological polar surface area (TPSA) is 213 Å². The molecule has 0 aromatic heterocycles. The highest BCUT2D eigenvalue weighted by Gasteiger charge is 2.43. The van der Waals surface area contributed by atoms with E-state index in [1.165, 1.54) is 0 Å². The Bertz CT molecular complexity index is 855. The maximum atomic E-state index is 11.5. The van der Waals surface area contributed by atoms with Crippen LogP contribution >= 0.6 is 0 Å². The summed E-state index contributed by atoms with van der Waals surface area (Å²) in [5.74, 6) is -2.04. The molecule has 0 bridgehead atoms. The highest BCUT2D eigenvalue weighted by atomic mass is 16.7. The molecule has 1 saturated heterocycles. The largest absolute Gasteiger partial charge is 0.505 e. The van der Waals surface area contributed by atoms with Gasteiger partial charge in [0.25, 0.3) is 0 Å². The lowest BCUT2D eigenvalue weighted by molar-refractivity contribution is -0.287. The van der Waals surface area contributed by atoms with E-state index in [4.69, 9.17) is 18.9 Å². The predicted molar refractivity (Wildman–Crippen MR) is 138 cm³/mol. The Labute approximate surface area is 229 Å². The Balaban J connectivity index is 0.000000722. The molecule has 228 valence electrons. The summed E-state index contributed by atoms with van der Waals surface area (Å²) in [5, 5.41) is 66.2. The summed E-state index contributed by atoms with van der Waals surface area (Å²) < 4.78 is 19.7. The number of carbonyl (C=O) groups is 2. The minimum Gasteiger partial charge on any atom is -0.505 e. The zero-order valence-electron chi connectivity index (χ0n) is 22.7. The first-order chi connectivity index (χ1) is 17.2. The van der Waals surface area contributed by atoms with E-state index >= 15 is 0 Å². The van der Waals surface area contributed by atoms with E-state index in [9.17, 15) is 45.3 Å². The lowest BCUT2D eigenvalue weighted by atomic mass is 9.92. The fraction of sp³-hybridized carbons (Fsp3) is 0.769. The van der Waals surface area contributed by atoms with Crippen LogP contribution in [-0.4, -0.2) is 104 Å². The lowest BCUT2D eigenvalue weighted by Crippen LogP contribution is -2.58. The summed E-state index contributed by atoms with van der Waals surface area (Å²) in [4.78, 5) is 23.0. The van der Waals surface area contributed by atoms with E-state index in [1.54, 1.807) is 0 Å². The minimum atomic E-state index is -1.62. The fourth-order valence-electron chi connectivity index (χ4n) is 3.28. The molecule has 1 fully saturated rings. The number of aliphatic hydroxyl groups is 7. The molecule has 7 unspecified atom stereocenters. The molecule has 0 spiro atoms. The van der Waals surface area contributed by atoms with Gasteiger partial charge in [-0.25, -0.2) is 0 Å². The number of hydrogen-bond acceptors (Lipinski definition) is 13. The number of carbonyl (C=O) groups excluding carboxylic acids is 2. The molecule has 7 atom stereocenters. The van der Waals surface area contributed by atoms with E-state index < -0.39 is 66.4 Å². The van der Waals surface area contributed by atoms with Gasteiger partial charge in [0.2, 0.25) is 0 Å². The molecule has 0 amide bonds. The van der Waals surface area contributed by atoms with Gasteiger partial charge in [-0.2, -0.15) is 0 Å². The van der Waals surface area contributed by atoms with Crippen LogP contribution in [0.1, 0.15) is 61.8 Å². The van der Waals surface area contributed by atoms with Gasteiger partial charge in [0.15, 0.2) is 29.7 Å². The van der Waals surface area contributed by atoms with Gasteiger partial charge in [0.1, 0.15) is 43.7 Å². The molecule has 13 nitrogen and oxygen atoms in total. The summed E-state index contributed by atoms with van der Waals surface area (Å²) >= 11 is 0. The summed E-state index contributed by atoms with van der Waals surface area (Å²) in [5.41, 5.74) is -0.432. The Hall–Kier alpha value is -2.42. The zero-order chi connectivity index (χ0) is 29.6. The molecule has 2 aliphatic rings. The van der Waals surface area contributed by atoms with Crippen LogP contribution in [0, 0.1) is 10.8 Å². The number of rotatable bonds is 7. The second kappa shape index (κ2) is 14.8. The van der Waals surface area contributed by atoms with E-state index in [-0.39, 0.29) is 50.1 Å². The van der Waals surface area contributed by atoms with Gasteiger partial charge in [-0.1, -0.05) is 55.5 Å². The van der Waals surface area contributed by atoms with E-state index in [2.05, 4.69) is 6.58 Å². The number of aliphatic hydroxyl groups excluding tert-OH is 7. The molecule has 0 aromatic rings. The van der Waals surface area contributed by atoms with E-state index in [0.717, 1.165) is 0 Å². The average molecular weight is 567 g/mol. The molecule has 2 rings (SSSR count). The van der Waals surface area contributed by atoms with Gasteiger partial charge >= 0.3 is 11.9 Å². The van der Waals surface area contributed by atoms with Gasteiger partial charge in [-0.15, -0.1) is 0 Å². The molecule has 13 heteroatoms. The molecule has 2 aliphatic heterocycles. The van der Waals surface area contributed by atoms with Crippen LogP contribution in [0.5, 0.6) is 0 Å². The minimum absolute atomic E-state index is 0. The van der Waals surface area contributed by atoms with Crippen molar-refractivity contribution < 1.29 is 64.3 Å². The molecule has 7 N–H and O–H groups in total.